The largest absolute Gasteiger partial charge is 0.495 e. The summed E-state index contributed by atoms with van der Waals surface area (Å²) in [5.74, 6) is 0.992. The van der Waals surface area contributed by atoms with E-state index in [0.717, 1.165) is 16.7 Å². The molecule has 0 saturated heterocycles. The van der Waals surface area contributed by atoms with Crippen molar-refractivity contribution in [1.29, 1.82) is 5.26 Å². The Morgan fingerprint density at radius 2 is 1.76 bits per heavy atom. The van der Waals surface area contributed by atoms with Crippen LogP contribution >= 0.6 is 0 Å². The molecule has 0 aliphatic rings. The molecule has 8 heteroatoms. The van der Waals surface area contributed by atoms with E-state index in [1.54, 1.807) is 25.3 Å². The molecular weight excluding hydrogens is 438 g/mol. The number of nitrogens with one attached hydrogen (secondary N) is 1. The summed E-state index contributed by atoms with van der Waals surface area (Å²) >= 11 is 0. The Morgan fingerprint density at radius 3 is 2.48 bits per heavy atom. The zero-order valence-electron chi connectivity index (χ0n) is 18.1. The molecule has 4 rings (SSSR count). The van der Waals surface area contributed by atoms with Crippen molar-refractivity contribution in [3.63, 3.8) is 0 Å². The van der Waals surface area contributed by atoms with E-state index < -0.39 is 9.84 Å². The highest BCUT2D eigenvalue weighted by Crippen LogP contribution is 2.33. The van der Waals surface area contributed by atoms with Crippen LogP contribution in [-0.2, 0) is 9.84 Å². The van der Waals surface area contributed by atoms with E-state index >= 15 is 0 Å². The van der Waals surface area contributed by atoms with Gasteiger partial charge in [0, 0.05) is 5.56 Å². The van der Waals surface area contributed by atoms with Crippen LogP contribution in [0.25, 0.3) is 22.5 Å². The second-order valence-corrected chi connectivity index (χ2v) is 9.47. The van der Waals surface area contributed by atoms with Gasteiger partial charge < -0.3 is 14.5 Å². The van der Waals surface area contributed by atoms with Gasteiger partial charge in [0.05, 0.1) is 41.3 Å². The van der Waals surface area contributed by atoms with Crippen molar-refractivity contribution >= 4 is 21.5 Å². The number of anilines is 2. The predicted molar refractivity (Wildman–Crippen MR) is 126 cm³/mol. The number of methoxy groups -OCH3 is 1. The molecule has 0 fully saturated rings. The van der Waals surface area contributed by atoms with Crippen molar-refractivity contribution in [3.8, 4) is 34.3 Å². The van der Waals surface area contributed by atoms with Gasteiger partial charge in [-0.25, -0.2) is 13.4 Å². The quantitative estimate of drug-likeness (QED) is 0.393. The Bertz CT molecular complexity index is 1450. The first-order chi connectivity index (χ1) is 15.9. The van der Waals surface area contributed by atoms with Crippen LogP contribution in [0.15, 0.2) is 82.2 Å². The van der Waals surface area contributed by atoms with Gasteiger partial charge in [-0.1, -0.05) is 37.3 Å². The first-order valence-electron chi connectivity index (χ1n) is 10.2. The van der Waals surface area contributed by atoms with E-state index in [1.807, 2.05) is 42.5 Å². The van der Waals surface area contributed by atoms with Gasteiger partial charge in [0.15, 0.2) is 15.6 Å². The standard InChI is InChI=1S/C25H21N3O4S/c1-3-33(29,30)21-10-11-23(31-2)22(14-21)28-25-27-16-24(32-25)20-9-5-8-19(13-20)18-7-4-6-17(12-18)15-26/h4-14,16H,3H2,1-2H3,(H,27,28). The minimum atomic E-state index is -3.38. The van der Waals surface area contributed by atoms with Gasteiger partial charge in [-0.05, 0) is 47.5 Å². The molecule has 7 nitrogen and oxygen atoms in total. The molecule has 1 N–H and O–H groups in total. The number of aromatic nitrogens is 1. The van der Waals surface area contributed by atoms with E-state index in [0.29, 0.717) is 22.8 Å². The number of rotatable bonds is 7. The number of nitrogens with zero attached hydrogens (tertiary/aromatic N) is 2. The zero-order chi connectivity index (χ0) is 23.4. The monoisotopic (exact) mass is 459 g/mol. The topological polar surface area (TPSA) is 105 Å². The number of sulfone groups is 1. The van der Waals surface area contributed by atoms with Crippen LogP contribution in [0.5, 0.6) is 5.75 Å². The van der Waals surface area contributed by atoms with E-state index in [9.17, 15) is 8.42 Å². The van der Waals surface area contributed by atoms with Gasteiger partial charge in [0.25, 0.3) is 6.01 Å². The highest BCUT2D eigenvalue weighted by atomic mass is 32.2. The fourth-order valence-corrected chi connectivity index (χ4v) is 4.25. The molecule has 3 aromatic carbocycles. The lowest BCUT2D eigenvalue weighted by Gasteiger charge is -2.11. The van der Waals surface area contributed by atoms with Crippen molar-refractivity contribution in [2.24, 2.45) is 0 Å². The molecule has 1 aromatic heterocycles. The van der Waals surface area contributed by atoms with Crippen molar-refractivity contribution < 1.29 is 17.6 Å². The molecule has 0 unspecified atom stereocenters. The zero-order valence-corrected chi connectivity index (χ0v) is 18.9. The number of hydrogen-bond acceptors (Lipinski definition) is 7. The molecular formula is C25H21N3O4S. The smallest absolute Gasteiger partial charge is 0.299 e. The summed E-state index contributed by atoms with van der Waals surface area (Å²) in [6, 6.07) is 22.0. The molecule has 0 aliphatic carbocycles. The fourth-order valence-electron chi connectivity index (χ4n) is 3.35. The Hall–Kier alpha value is -4.09. The van der Waals surface area contributed by atoms with Gasteiger partial charge in [0.1, 0.15) is 5.75 Å². The lowest BCUT2D eigenvalue weighted by atomic mass is 10.0. The lowest BCUT2D eigenvalue weighted by Crippen LogP contribution is -2.05. The maximum Gasteiger partial charge on any atom is 0.299 e. The summed E-state index contributed by atoms with van der Waals surface area (Å²) in [5, 5.41) is 12.2. The van der Waals surface area contributed by atoms with Gasteiger partial charge >= 0.3 is 0 Å². The van der Waals surface area contributed by atoms with Crippen LogP contribution in [-0.4, -0.2) is 26.3 Å². The third kappa shape index (κ3) is 4.73. The third-order valence-electron chi connectivity index (χ3n) is 5.13. The Labute approximate surface area is 192 Å². The second kappa shape index (κ2) is 9.18. The first kappa shape index (κ1) is 22.1. The summed E-state index contributed by atoms with van der Waals surface area (Å²) in [4.78, 5) is 4.47. The predicted octanol–water partition coefficient (Wildman–Crippen LogP) is 5.43. The van der Waals surface area contributed by atoms with Crippen LogP contribution < -0.4 is 10.1 Å². The molecule has 0 atom stereocenters. The van der Waals surface area contributed by atoms with Crippen molar-refractivity contribution in [2.75, 3.05) is 18.2 Å². The first-order valence-corrected chi connectivity index (χ1v) is 11.8. The molecule has 0 bridgehead atoms. The highest BCUT2D eigenvalue weighted by molar-refractivity contribution is 7.91. The van der Waals surface area contributed by atoms with Crippen LogP contribution in [0.1, 0.15) is 12.5 Å². The molecule has 0 spiro atoms. The Balaban J connectivity index is 1.63. The van der Waals surface area contributed by atoms with Gasteiger partial charge in [-0.2, -0.15) is 5.26 Å². The highest BCUT2D eigenvalue weighted by Gasteiger charge is 2.16. The molecule has 4 aromatic rings. The molecule has 0 aliphatic heterocycles. The van der Waals surface area contributed by atoms with E-state index in [1.165, 1.54) is 19.2 Å². The van der Waals surface area contributed by atoms with Crippen molar-refractivity contribution in [3.05, 3.63) is 78.5 Å². The maximum absolute atomic E-state index is 12.3. The lowest BCUT2D eigenvalue weighted by molar-refractivity contribution is 0.416. The molecule has 33 heavy (non-hydrogen) atoms. The average Bonchev–Trinajstić information content (AvgIpc) is 3.32. The van der Waals surface area contributed by atoms with Gasteiger partial charge in [-0.3, -0.25) is 0 Å². The number of oxazole rings is 1. The van der Waals surface area contributed by atoms with E-state index in [4.69, 9.17) is 14.4 Å². The van der Waals surface area contributed by atoms with E-state index in [2.05, 4.69) is 16.4 Å². The molecule has 0 saturated carbocycles. The van der Waals surface area contributed by atoms with E-state index in [-0.39, 0.29) is 16.7 Å². The van der Waals surface area contributed by atoms with Crippen LogP contribution in [0.2, 0.25) is 0 Å². The maximum atomic E-state index is 12.3. The normalized spacial score (nSPS) is 11.1. The molecule has 0 radical (unpaired) electrons. The summed E-state index contributed by atoms with van der Waals surface area (Å²) in [6.45, 7) is 1.59. The molecule has 1 heterocycles. The molecule has 0 amide bonds. The van der Waals surface area contributed by atoms with Crippen LogP contribution in [0.4, 0.5) is 11.7 Å². The minimum absolute atomic E-state index is 0.00443. The summed E-state index contributed by atoms with van der Waals surface area (Å²) in [7, 11) is -1.88. The number of ether oxygens (including phenoxy) is 1. The Kier molecular flexibility index (Phi) is 6.16. The van der Waals surface area contributed by atoms with Gasteiger partial charge in [0.2, 0.25) is 0 Å². The molecule has 166 valence electrons. The van der Waals surface area contributed by atoms with Crippen molar-refractivity contribution in [1.82, 2.24) is 4.98 Å². The summed E-state index contributed by atoms with van der Waals surface area (Å²) in [6.07, 6.45) is 1.59. The summed E-state index contributed by atoms with van der Waals surface area (Å²) in [5.41, 5.74) is 3.69. The SMILES string of the molecule is CCS(=O)(=O)c1ccc(OC)c(Nc2ncc(-c3cccc(-c4cccc(C#N)c4)c3)o2)c1. The number of benzene rings is 3. The second-order valence-electron chi connectivity index (χ2n) is 7.19. The van der Waals surface area contributed by atoms with Crippen molar-refractivity contribution in [2.45, 2.75) is 11.8 Å². The Morgan fingerprint density at radius 1 is 1.03 bits per heavy atom. The van der Waals surface area contributed by atoms with Gasteiger partial charge in [-0.15, -0.1) is 0 Å². The number of hydrogen-bond donors (Lipinski definition) is 1. The van der Waals surface area contributed by atoms with Crippen LogP contribution in [0, 0.1) is 11.3 Å². The average molecular weight is 460 g/mol. The number of nitriles is 1. The van der Waals surface area contributed by atoms with Crippen LogP contribution in [0.3, 0.4) is 0 Å². The summed E-state index contributed by atoms with van der Waals surface area (Å²) < 4.78 is 35.7. The fraction of sp³-hybridized carbons (Fsp3) is 0.120. The minimum Gasteiger partial charge on any atom is -0.495 e. The third-order valence-corrected chi connectivity index (χ3v) is 6.86.